The minimum absolute atomic E-state index is 0.185. The Hall–Kier alpha value is -2.77. The number of carbonyl (C=O) groups is 2. The van der Waals surface area contributed by atoms with Crippen LogP contribution in [-0.4, -0.2) is 23.3 Å². The van der Waals surface area contributed by atoms with Gasteiger partial charge in [0.25, 0.3) is 5.91 Å². The van der Waals surface area contributed by atoms with Gasteiger partial charge in [-0.2, -0.15) is 0 Å². The maximum Gasteiger partial charge on any atom is 0.254 e. The molecule has 0 aliphatic heterocycles. The Labute approximate surface area is 143 Å². The van der Waals surface area contributed by atoms with E-state index in [0.29, 0.717) is 24.1 Å². The number of nitrogens with one attached hydrogen (secondary N) is 2. The first-order chi connectivity index (χ1) is 11.9. The van der Waals surface area contributed by atoms with Crippen molar-refractivity contribution in [1.82, 2.24) is 15.6 Å². The van der Waals surface area contributed by atoms with Crippen LogP contribution in [0.25, 0.3) is 0 Å². The van der Waals surface area contributed by atoms with Crippen LogP contribution in [0.4, 0.5) is 8.78 Å². The molecule has 0 aliphatic rings. The first-order valence-electron chi connectivity index (χ1n) is 7.79. The number of hydrogen-bond donors (Lipinski definition) is 2. The fourth-order valence-electron chi connectivity index (χ4n) is 2.10. The Morgan fingerprint density at radius 3 is 2.60 bits per heavy atom. The highest BCUT2D eigenvalue weighted by atomic mass is 19.1. The molecule has 0 saturated heterocycles. The van der Waals surface area contributed by atoms with E-state index in [1.165, 1.54) is 0 Å². The van der Waals surface area contributed by atoms with Crippen molar-refractivity contribution in [3.63, 3.8) is 0 Å². The number of halogens is 2. The molecule has 0 radical (unpaired) electrons. The van der Waals surface area contributed by atoms with Gasteiger partial charge in [0.05, 0.1) is 17.8 Å². The van der Waals surface area contributed by atoms with Crippen LogP contribution in [0.2, 0.25) is 0 Å². The average Bonchev–Trinajstić information content (AvgIpc) is 2.87. The van der Waals surface area contributed by atoms with Crippen molar-refractivity contribution < 1.29 is 22.8 Å². The second-order valence-electron chi connectivity index (χ2n) is 5.51. The van der Waals surface area contributed by atoms with Crippen LogP contribution in [0.1, 0.15) is 40.5 Å². The maximum atomic E-state index is 13.5. The van der Waals surface area contributed by atoms with Crippen molar-refractivity contribution in [2.75, 3.05) is 6.54 Å². The summed E-state index contributed by atoms with van der Waals surface area (Å²) in [4.78, 5) is 27.6. The summed E-state index contributed by atoms with van der Waals surface area (Å²) in [5.41, 5.74) is 0.542. The van der Waals surface area contributed by atoms with E-state index in [9.17, 15) is 18.4 Å². The van der Waals surface area contributed by atoms with E-state index in [0.717, 1.165) is 17.8 Å². The Morgan fingerprint density at radius 2 is 1.96 bits per heavy atom. The molecular formula is C17H19F2N3O3. The molecular weight excluding hydrogens is 332 g/mol. The standard InChI is InChI=1S/C17H19F2N3O3/c1-10-11(2)25-16(22-10)9-21-15(23)4-3-7-20-17(24)13-6-5-12(18)8-14(13)19/h5-6,8H,3-4,7,9H2,1-2H3,(H,20,24)(H,21,23). The molecule has 1 aromatic carbocycles. The van der Waals surface area contributed by atoms with Crippen LogP contribution in [0, 0.1) is 25.5 Å². The first kappa shape index (κ1) is 18.6. The van der Waals surface area contributed by atoms with Gasteiger partial charge in [0, 0.05) is 19.0 Å². The van der Waals surface area contributed by atoms with Crippen molar-refractivity contribution in [2.24, 2.45) is 0 Å². The van der Waals surface area contributed by atoms with Gasteiger partial charge >= 0.3 is 0 Å². The quantitative estimate of drug-likeness (QED) is 0.750. The summed E-state index contributed by atoms with van der Waals surface area (Å²) < 4.78 is 31.6. The largest absolute Gasteiger partial charge is 0.444 e. The Bertz CT molecular complexity index is 755. The van der Waals surface area contributed by atoms with E-state index in [-0.39, 0.29) is 31.0 Å². The molecule has 2 N–H and O–H groups in total. The molecule has 0 fully saturated rings. The molecule has 1 aromatic heterocycles. The molecule has 2 rings (SSSR count). The molecule has 134 valence electrons. The number of oxazole rings is 1. The Balaban J connectivity index is 1.68. The molecule has 0 atom stereocenters. The minimum Gasteiger partial charge on any atom is -0.444 e. The fraction of sp³-hybridized carbons (Fsp3) is 0.353. The molecule has 8 heteroatoms. The van der Waals surface area contributed by atoms with Gasteiger partial charge in [-0.1, -0.05) is 0 Å². The molecule has 0 bridgehead atoms. The molecule has 0 unspecified atom stereocenters. The van der Waals surface area contributed by atoms with Crippen LogP contribution < -0.4 is 10.6 Å². The van der Waals surface area contributed by atoms with Gasteiger partial charge in [-0.3, -0.25) is 9.59 Å². The summed E-state index contributed by atoms with van der Waals surface area (Å²) in [6.07, 6.45) is 0.564. The highest BCUT2D eigenvalue weighted by Gasteiger charge is 2.12. The molecule has 0 saturated carbocycles. The zero-order chi connectivity index (χ0) is 18.4. The number of aryl methyl sites for hydroxylation is 2. The number of hydrogen-bond acceptors (Lipinski definition) is 4. The topological polar surface area (TPSA) is 84.2 Å². The van der Waals surface area contributed by atoms with Crippen LogP contribution in [0.15, 0.2) is 22.6 Å². The minimum atomic E-state index is -0.924. The summed E-state index contributed by atoms with van der Waals surface area (Å²) in [6.45, 7) is 4.00. The summed E-state index contributed by atoms with van der Waals surface area (Å²) in [5.74, 6) is -1.39. The fourth-order valence-corrected chi connectivity index (χ4v) is 2.10. The zero-order valence-electron chi connectivity index (χ0n) is 14.0. The maximum absolute atomic E-state index is 13.5. The van der Waals surface area contributed by atoms with Crippen molar-refractivity contribution in [1.29, 1.82) is 0 Å². The van der Waals surface area contributed by atoms with Gasteiger partial charge in [0.15, 0.2) is 0 Å². The van der Waals surface area contributed by atoms with Gasteiger partial charge in [0.2, 0.25) is 11.8 Å². The third-order valence-corrected chi connectivity index (χ3v) is 3.55. The van der Waals surface area contributed by atoms with E-state index in [1.807, 2.05) is 6.92 Å². The first-order valence-corrected chi connectivity index (χ1v) is 7.79. The SMILES string of the molecule is Cc1nc(CNC(=O)CCCNC(=O)c2ccc(F)cc2F)oc1C. The van der Waals surface area contributed by atoms with Crippen LogP contribution in [0.3, 0.4) is 0 Å². The summed E-state index contributed by atoms with van der Waals surface area (Å²) >= 11 is 0. The van der Waals surface area contributed by atoms with Crippen molar-refractivity contribution in [3.8, 4) is 0 Å². The molecule has 6 nitrogen and oxygen atoms in total. The molecule has 2 aromatic rings. The van der Waals surface area contributed by atoms with Crippen LogP contribution in [0.5, 0.6) is 0 Å². The second-order valence-corrected chi connectivity index (χ2v) is 5.51. The van der Waals surface area contributed by atoms with Crippen LogP contribution in [-0.2, 0) is 11.3 Å². The van der Waals surface area contributed by atoms with Gasteiger partial charge in [-0.25, -0.2) is 13.8 Å². The van der Waals surface area contributed by atoms with Crippen molar-refractivity contribution >= 4 is 11.8 Å². The molecule has 0 aliphatic carbocycles. The number of amides is 2. The van der Waals surface area contributed by atoms with Gasteiger partial charge in [-0.15, -0.1) is 0 Å². The third-order valence-electron chi connectivity index (χ3n) is 3.55. The van der Waals surface area contributed by atoms with E-state index >= 15 is 0 Å². The lowest BCUT2D eigenvalue weighted by atomic mass is 10.2. The monoisotopic (exact) mass is 351 g/mol. The van der Waals surface area contributed by atoms with Gasteiger partial charge < -0.3 is 15.1 Å². The third kappa shape index (κ3) is 5.37. The highest BCUT2D eigenvalue weighted by molar-refractivity contribution is 5.94. The van der Waals surface area contributed by atoms with E-state index in [2.05, 4.69) is 15.6 Å². The lowest BCUT2D eigenvalue weighted by molar-refractivity contribution is -0.121. The second kappa shape index (κ2) is 8.36. The lowest BCUT2D eigenvalue weighted by Crippen LogP contribution is -2.28. The Kier molecular flexibility index (Phi) is 6.21. The number of nitrogens with zero attached hydrogens (tertiary/aromatic N) is 1. The van der Waals surface area contributed by atoms with E-state index in [4.69, 9.17) is 4.42 Å². The number of carbonyl (C=O) groups excluding carboxylic acids is 2. The predicted molar refractivity (Wildman–Crippen MR) is 85.7 cm³/mol. The molecule has 0 spiro atoms. The zero-order valence-corrected chi connectivity index (χ0v) is 14.0. The van der Waals surface area contributed by atoms with E-state index < -0.39 is 17.5 Å². The van der Waals surface area contributed by atoms with Crippen molar-refractivity contribution in [2.45, 2.75) is 33.2 Å². The summed E-state index contributed by atoms with van der Waals surface area (Å²) in [6, 6.07) is 2.74. The average molecular weight is 351 g/mol. The summed E-state index contributed by atoms with van der Waals surface area (Å²) in [7, 11) is 0. The number of rotatable bonds is 7. The van der Waals surface area contributed by atoms with Crippen molar-refractivity contribution in [3.05, 3.63) is 52.7 Å². The van der Waals surface area contributed by atoms with Gasteiger partial charge in [-0.05, 0) is 32.4 Å². The molecule has 25 heavy (non-hydrogen) atoms. The van der Waals surface area contributed by atoms with E-state index in [1.54, 1.807) is 6.92 Å². The number of aromatic nitrogens is 1. The Morgan fingerprint density at radius 1 is 1.20 bits per heavy atom. The number of benzene rings is 1. The van der Waals surface area contributed by atoms with Gasteiger partial charge in [0.1, 0.15) is 17.4 Å². The molecule has 2 amide bonds. The normalized spacial score (nSPS) is 10.6. The molecule has 1 heterocycles. The predicted octanol–water partition coefficient (Wildman–Crippen LogP) is 2.40. The highest BCUT2D eigenvalue weighted by Crippen LogP contribution is 2.09. The summed E-state index contributed by atoms with van der Waals surface area (Å²) in [5, 5.41) is 5.15. The lowest BCUT2D eigenvalue weighted by Gasteiger charge is -2.06. The van der Waals surface area contributed by atoms with Crippen LogP contribution >= 0.6 is 0 Å². The smallest absolute Gasteiger partial charge is 0.254 e.